The molecule has 0 saturated heterocycles. The van der Waals surface area contributed by atoms with Gasteiger partial charge in [-0.3, -0.25) is 14.2 Å². The van der Waals surface area contributed by atoms with Crippen LogP contribution in [0.3, 0.4) is 0 Å². The molecule has 160 valence electrons. The number of ether oxygens (including phenoxy) is 1. The summed E-state index contributed by atoms with van der Waals surface area (Å²) in [5, 5.41) is 0.571. The van der Waals surface area contributed by atoms with E-state index in [9.17, 15) is 22.8 Å². The molecular formula is C21H13Cl2F3N2O3. The van der Waals surface area contributed by atoms with Gasteiger partial charge in [0.25, 0.3) is 11.5 Å². The molecule has 5 nitrogen and oxygen atoms in total. The normalized spacial score (nSPS) is 13.4. The predicted octanol–water partition coefficient (Wildman–Crippen LogP) is 5.32. The number of halogens is 5. The zero-order valence-corrected chi connectivity index (χ0v) is 17.3. The maximum atomic E-state index is 14.1. The summed E-state index contributed by atoms with van der Waals surface area (Å²) in [4.78, 5) is 25.0. The maximum absolute atomic E-state index is 14.1. The average Bonchev–Trinajstić information content (AvgIpc) is 2.66. The number of benzene rings is 2. The molecule has 0 bridgehead atoms. The molecule has 2 N–H and O–H groups in total. The Morgan fingerprint density at radius 2 is 1.55 bits per heavy atom. The van der Waals surface area contributed by atoms with Crippen molar-refractivity contribution >= 4 is 29.1 Å². The van der Waals surface area contributed by atoms with E-state index >= 15 is 0 Å². The monoisotopic (exact) mass is 468 g/mol. The lowest BCUT2D eigenvalue weighted by Gasteiger charge is -2.32. The van der Waals surface area contributed by atoms with E-state index in [2.05, 4.69) is 0 Å². The fraction of sp³-hybridized carbons (Fsp3) is 0.143. The highest BCUT2D eigenvalue weighted by Crippen LogP contribution is 2.47. The minimum absolute atomic E-state index is 0.162. The fourth-order valence-electron chi connectivity index (χ4n) is 3.76. The molecule has 2 heterocycles. The van der Waals surface area contributed by atoms with E-state index in [4.69, 9.17) is 33.7 Å². The van der Waals surface area contributed by atoms with Crippen LogP contribution >= 0.6 is 23.2 Å². The molecule has 0 unspecified atom stereocenters. The molecule has 10 heteroatoms. The van der Waals surface area contributed by atoms with Crippen molar-refractivity contribution in [2.45, 2.75) is 19.1 Å². The molecule has 0 radical (unpaired) electrons. The Morgan fingerprint density at radius 1 is 1.03 bits per heavy atom. The van der Waals surface area contributed by atoms with Crippen molar-refractivity contribution < 1.29 is 22.7 Å². The van der Waals surface area contributed by atoms with Crippen molar-refractivity contribution in [3.8, 4) is 11.5 Å². The molecular weight excluding hydrogens is 456 g/mol. The van der Waals surface area contributed by atoms with E-state index in [1.165, 1.54) is 36.4 Å². The second-order valence-corrected chi connectivity index (χ2v) is 7.87. The molecule has 1 aromatic heterocycles. The van der Waals surface area contributed by atoms with E-state index in [1.807, 2.05) is 0 Å². The number of fused-ring (bicyclic) bond motifs is 2. The first kappa shape index (κ1) is 21.3. The van der Waals surface area contributed by atoms with Gasteiger partial charge in [-0.15, -0.1) is 0 Å². The lowest BCUT2D eigenvalue weighted by atomic mass is 9.93. The Bertz CT molecular complexity index is 1250. The summed E-state index contributed by atoms with van der Waals surface area (Å²) in [6.07, 6.45) is -4.89. The van der Waals surface area contributed by atoms with Crippen LogP contribution in [0.1, 0.15) is 38.8 Å². The standard InChI is InChI=1S/C21H13Cl2F3N2O3/c1-9-6-14(19(27)29)20(30)28(18(9)21(24,25)26)17-12-4-2-10(22)7-15(12)31-16-8-11(23)3-5-13(16)17/h2-8,17H,1H3,(H2,27,29). The first-order valence-corrected chi connectivity index (χ1v) is 9.64. The average molecular weight is 469 g/mol. The number of aryl methyl sites for hydroxylation is 1. The number of alkyl halides is 3. The van der Waals surface area contributed by atoms with Crippen LogP contribution in [0.5, 0.6) is 11.5 Å². The van der Waals surface area contributed by atoms with Crippen LogP contribution in [-0.2, 0) is 6.18 Å². The number of pyridine rings is 1. The van der Waals surface area contributed by atoms with Crippen LogP contribution in [0.15, 0.2) is 47.3 Å². The summed E-state index contributed by atoms with van der Waals surface area (Å²) in [5.41, 5.74) is 2.55. The highest BCUT2D eigenvalue weighted by molar-refractivity contribution is 6.31. The van der Waals surface area contributed by atoms with Gasteiger partial charge in [0, 0.05) is 21.2 Å². The largest absolute Gasteiger partial charge is 0.456 e. The predicted molar refractivity (Wildman–Crippen MR) is 109 cm³/mol. The number of amides is 1. The molecule has 0 saturated carbocycles. The van der Waals surface area contributed by atoms with E-state index in [0.29, 0.717) is 4.57 Å². The lowest BCUT2D eigenvalue weighted by molar-refractivity contribution is -0.145. The number of carbonyl (C=O) groups excluding carboxylic acids is 1. The molecule has 0 spiro atoms. The Morgan fingerprint density at radius 3 is 2.00 bits per heavy atom. The van der Waals surface area contributed by atoms with Gasteiger partial charge < -0.3 is 10.5 Å². The number of carbonyl (C=O) groups is 1. The Balaban J connectivity index is 2.16. The molecule has 1 aliphatic heterocycles. The topological polar surface area (TPSA) is 74.3 Å². The van der Waals surface area contributed by atoms with Gasteiger partial charge in [0.15, 0.2) is 0 Å². The third-order valence-corrected chi connectivity index (χ3v) is 5.45. The molecule has 0 fully saturated rings. The van der Waals surface area contributed by atoms with Crippen molar-refractivity contribution in [1.29, 1.82) is 0 Å². The molecule has 0 atom stereocenters. The summed E-state index contributed by atoms with van der Waals surface area (Å²) in [5.74, 6) is -0.806. The van der Waals surface area contributed by atoms with E-state index in [-0.39, 0.29) is 38.2 Å². The third-order valence-electron chi connectivity index (χ3n) is 4.98. The number of hydrogen-bond acceptors (Lipinski definition) is 3. The summed E-state index contributed by atoms with van der Waals surface area (Å²) in [6, 6.07) is 8.33. The second-order valence-electron chi connectivity index (χ2n) is 7.00. The zero-order valence-electron chi connectivity index (χ0n) is 15.8. The van der Waals surface area contributed by atoms with Crippen molar-refractivity contribution in [1.82, 2.24) is 4.57 Å². The van der Waals surface area contributed by atoms with Gasteiger partial charge in [-0.1, -0.05) is 35.3 Å². The minimum atomic E-state index is -4.89. The van der Waals surface area contributed by atoms with E-state index < -0.39 is 34.9 Å². The van der Waals surface area contributed by atoms with Crippen LogP contribution in [-0.4, -0.2) is 10.5 Å². The van der Waals surface area contributed by atoms with Crippen molar-refractivity contribution in [3.05, 3.63) is 90.8 Å². The summed E-state index contributed by atoms with van der Waals surface area (Å²) < 4.78 is 48.7. The number of hydrogen-bond donors (Lipinski definition) is 1. The Kier molecular flexibility index (Phi) is 5.02. The van der Waals surface area contributed by atoms with Crippen LogP contribution < -0.4 is 16.0 Å². The number of nitrogens with two attached hydrogens (primary N) is 1. The Labute approximate surface area is 183 Å². The van der Waals surface area contributed by atoms with Gasteiger partial charge >= 0.3 is 6.18 Å². The quantitative estimate of drug-likeness (QED) is 0.432. The number of aromatic nitrogens is 1. The highest BCUT2D eigenvalue weighted by Gasteiger charge is 2.42. The molecule has 3 aromatic rings. The van der Waals surface area contributed by atoms with Crippen LogP contribution in [0.4, 0.5) is 13.2 Å². The van der Waals surface area contributed by atoms with Crippen LogP contribution in [0.25, 0.3) is 0 Å². The van der Waals surface area contributed by atoms with Crippen molar-refractivity contribution in [2.75, 3.05) is 0 Å². The summed E-state index contributed by atoms with van der Waals surface area (Å²) in [7, 11) is 0. The van der Waals surface area contributed by atoms with Gasteiger partial charge in [0.2, 0.25) is 0 Å². The summed E-state index contributed by atoms with van der Waals surface area (Å²) in [6.45, 7) is 1.16. The highest BCUT2D eigenvalue weighted by atomic mass is 35.5. The number of nitrogens with zero attached hydrogens (tertiary/aromatic N) is 1. The van der Waals surface area contributed by atoms with Gasteiger partial charge in [-0.2, -0.15) is 13.2 Å². The first-order chi connectivity index (χ1) is 14.5. The van der Waals surface area contributed by atoms with Crippen molar-refractivity contribution in [2.24, 2.45) is 5.73 Å². The van der Waals surface area contributed by atoms with Gasteiger partial charge in [0.05, 0.1) is 6.04 Å². The SMILES string of the molecule is Cc1cc(C(N)=O)c(=O)n(C2c3ccc(Cl)cc3Oc3cc(Cl)ccc32)c1C(F)(F)F. The first-order valence-electron chi connectivity index (χ1n) is 8.89. The number of primary amides is 1. The third kappa shape index (κ3) is 3.55. The minimum Gasteiger partial charge on any atom is -0.456 e. The second kappa shape index (κ2) is 7.32. The maximum Gasteiger partial charge on any atom is 0.431 e. The number of rotatable bonds is 2. The molecule has 31 heavy (non-hydrogen) atoms. The molecule has 1 aliphatic rings. The molecule has 4 rings (SSSR count). The van der Waals surface area contributed by atoms with Gasteiger partial charge in [0.1, 0.15) is 22.8 Å². The lowest BCUT2D eigenvalue weighted by Crippen LogP contribution is -2.38. The van der Waals surface area contributed by atoms with E-state index in [0.717, 1.165) is 13.0 Å². The molecule has 2 aromatic carbocycles. The Hall–Kier alpha value is -2.97. The van der Waals surface area contributed by atoms with Crippen LogP contribution in [0.2, 0.25) is 10.0 Å². The molecule has 1 amide bonds. The zero-order chi connectivity index (χ0) is 22.7. The van der Waals surface area contributed by atoms with Crippen molar-refractivity contribution in [3.63, 3.8) is 0 Å². The van der Waals surface area contributed by atoms with E-state index in [1.54, 1.807) is 0 Å². The smallest absolute Gasteiger partial charge is 0.431 e. The molecule has 0 aliphatic carbocycles. The summed E-state index contributed by atoms with van der Waals surface area (Å²) >= 11 is 12.1. The van der Waals surface area contributed by atoms with Gasteiger partial charge in [-0.05, 0) is 42.8 Å². The van der Waals surface area contributed by atoms with Crippen LogP contribution in [0, 0.1) is 6.92 Å². The fourth-order valence-corrected chi connectivity index (χ4v) is 4.08. The van der Waals surface area contributed by atoms with Gasteiger partial charge in [-0.25, -0.2) is 0 Å².